The largest absolute Gasteiger partial charge is 2.00 e. The molecular weight excluding hydrogens is 454 g/mol. The Balaban J connectivity index is -0.000000331. The zero-order chi connectivity index (χ0) is 17.9. The van der Waals surface area contributed by atoms with Gasteiger partial charge in [0.2, 0.25) is 0 Å². The molecule has 0 aliphatic rings. The molecule has 0 N–H and O–H groups in total. The van der Waals surface area contributed by atoms with E-state index in [1.54, 1.807) is 18.5 Å². The summed E-state index contributed by atoms with van der Waals surface area (Å²) in [5.41, 5.74) is -3.82. The van der Waals surface area contributed by atoms with Gasteiger partial charge in [0.05, 0.1) is 17.5 Å². The Kier molecular flexibility index (Phi) is 15.0. The summed E-state index contributed by atoms with van der Waals surface area (Å²) in [6, 6.07) is 13.3. The molecular formula is C14H14F3N3O3PdS. The van der Waals surface area contributed by atoms with Gasteiger partial charge in [-0.25, -0.2) is 8.42 Å². The molecule has 2 rings (SSSR count). The minimum Gasteiger partial charge on any atom is -0.741 e. The second-order valence-electron chi connectivity index (χ2n) is 3.55. The molecule has 0 bridgehead atoms. The first-order valence-electron chi connectivity index (χ1n) is 5.79. The number of rotatable bonds is 1. The molecule has 0 aromatic carbocycles. The standard InChI is InChI=1S/C10H8N2.C2H3N.CHF3O3S.CH3.Pd/c1-3-7-11-9(5-1)10-6-2-4-8-12-10;1-2-3;2-1(3,4)8(5,6)7;;/h1-8H;1H3;(H,5,6,7);1H3;/q;;;-1;+2/p-1. The molecule has 0 radical (unpaired) electrons. The predicted molar refractivity (Wildman–Crippen MR) is 80.9 cm³/mol. The number of hydrogen-bond acceptors (Lipinski definition) is 6. The average Bonchev–Trinajstić information content (AvgIpc) is 2.48. The first-order chi connectivity index (χ1) is 10.6. The maximum Gasteiger partial charge on any atom is 2.00 e. The fourth-order valence-corrected chi connectivity index (χ4v) is 1.03. The summed E-state index contributed by atoms with van der Waals surface area (Å²) in [4.78, 5) is 8.37. The van der Waals surface area contributed by atoms with E-state index in [4.69, 9.17) is 18.2 Å². The molecule has 6 nitrogen and oxygen atoms in total. The number of hydrogen-bond donors (Lipinski definition) is 0. The third-order valence-electron chi connectivity index (χ3n) is 1.88. The number of nitriles is 1. The molecule has 25 heavy (non-hydrogen) atoms. The van der Waals surface area contributed by atoms with Crippen LogP contribution >= 0.6 is 0 Å². The molecule has 0 saturated heterocycles. The van der Waals surface area contributed by atoms with Crippen LogP contribution in [0.4, 0.5) is 13.2 Å². The van der Waals surface area contributed by atoms with Crippen molar-refractivity contribution >= 4 is 10.1 Å². The monoisotopic (exact) mass is 467 g/mol. The molecule has 2 aromatic heterocycles. The Labute approximate surface area is 158 Å². The van der Waals surface area contributed by atoms with Gasteiger partial charge in [-0.3, -0.25) is 9.97 Å². The van der Waals surface area contributed by atoms with E-state index in [1.807, 2.05) is 36.4 Å². The van der Waals surface area contributed by atoms with E-state index in [0.717, 1.165) is 11.4 Å². The minimum atomic E-state index is -6.09. The molecule has 2 aromatic rings. The maximum absolute atomic E-state index is 10.7. The normalized spacial score (nSPS) is 9.44. The Morgan fingerprint density at radius 2 is 1.32 bits per heavy atom. The van der Waals surface area contributed by atoms with Gasteiger partial charge < -0.3 is 12.0 Å². The molecule has 0 unspecified atom stereocenters. The summed E-state index contributed by atoms with van der Waals surface area (Å²) in [7, 11) is -6.09. The van der Waals surface area contributed by atoms with Gasteiger partial charge in [0.1, 0.15) is 0 Å². The van der Waals surface area contributed by atoms with Crippen LogP contribution in [0.15, 0.2) is 48.8 Å². The van der Waals surface area contributed by atoms with Gasteiger partial charge in [0.15, 0.2) is 10.1 Å². The Morgan fingerprint density at radius 1 is 1.04 bits per heavy atom. The summed E-state index contributed by atoms with van der Waals surface area (Å²) in [6.07, 6.45) is 3.54. The van der Waals surface area contributed by atoms with Crippen molar-refractivity contribution in [2.45, 2.75) is 12.4 Å². The van der Waals surface area contributed by atoms with Crippen LogP contribution in [0.2, 0.25) is 0 Å². The SMILES string of the molecule is CC#N.O=S(=O)([O-])C(F)(F)F.[CH3-].[Pd+2].c1ccc(-c2ccccn2)nc1. The zero-order valence-corrected chi connectivity index (χ0v) is 15.4. The fraction of sp³-hybridized carbons (Fsp3) is 0.143. The molecule has 0 aliphatic carbocycles. The number of alkyl halides is 3. The summed E-state index contributed by atoms with van der Waals surface area (Å²) >= 11 is 0. The third-order valence-corrected chi connectivity index (χ3v) is 2.44. The van der Waals surface area contributed by atoms with Crippen molar-refractivity contribution in [1.29, 1.82) is 5.26 Å². The van der Waals surface area contributed by atoms with Crippen molar-refractivity contribution in [3.8, 4) is 17.5 Å². The van der Waals surface area contributed by atoms with E-state index in [0.29, 0.717) is 0 Å². The Hall–Kier alpha value is -1.85. The van der Waals surface area contributed by atoms with Gasteiger partial charge in [-0.1, -0.05) is 12.1 Å². The smallest absolute Gasteiger partial charge is 0.741 e. The quantitative estimate of drug-likeness (QED) is 0.276. The van der Waals surface area contributed by atoms with Crippen LogP contribution in [-0.4, -0.2) is 28.4 Å². The molecule has 0 saturated carbocycles. The zero-order valence-electron chi connectivity index (χ0n) is 13.0. The van der Waals surface area contributed by atoms with Gasteiger partial charge in [-0.15, -0.1) is 0 Å². The predicted octanol–water partition coefficient (Wildman–Crippen LogP) is 3.17. The molecule has 0 atom stereocenters. The van der Waals surface area contributed by atoms with Gasteiger partial charge in [0.25, 0.3) is 0 Å². The summed E-state index contributed by atoms with van der Waals surface area (Å²) < 4.78 is 58.9. The van der Waals surface area contributed by atoms with Gasteiger partial charge in [-0.05, 0) is 24.3 Å². The molecule has 0 spiro atoms. The first-order valence-corrected chi connectivity index (χ1v) is 7.19. The average molecular weight is 468 g/mol. The number of pyridine rings is 2. The van der Waals surface area contributed by atoms with E-state index in [9.17, 15) is 13.2 Å². The van der Waals surface area contributed by atoms with E-state index < -0.39 is 15.6 Å². The summed E-state index contributed by atoms with van der Waals surface area (Å²) in [6.45, 7) is 1.43. The van der Waals surface area contributed by atoms with Crippen LogP contribution in [0, 0.1) is 18.8 Å². The van der Waals surface area contributed by atoms with Crippen molar-refractivity contribution in [2.24, 2.45) is 0 Å². The van der Waals surface area contributed by atoms with Crippen LogP contribution < -0.4 is 0 Å². The van der Waals surface area contributed by atoms with Crippen molar-refractivity contribution in [3.05, 3.63) is 56.2 Å². The topological polar surface area (TPSA) is 107 Å². The van der Waals surface area contributed by atoms with Gasteiger partial charge in [-0.2, -0.15) is 18.4 Å². The molecule has 2 heterocycles. The van der Waals surface area contributed by atoms with Crippen molar-refractivity contribution in [3.63, 3.8) is 0 Å². The van der Waals surface area contributed by atoms with Crippen LogP contribution in [0.1, 0.15) is 6.92 Å². The van der Waals surface area contributed by atoms with Crippen LogP contribution in [0.5, 0.6) is 0 Å². The van der Waals surface area contributed by atoms with Crippen molar-refractivity contribution < 1.29 is 46.6 Å². The molecule has 140 valence electrons. The van der Waals surface area contributed by atoms with E-state index in [1.165, 1.54) is 6.92 Å². The van der Waals surface area contributed by atoms with Crippen LogP contribution in [0.3, 0.4) is 0 Å². The van der Waals surface area contributed by atoms with E-state index in [-0.39, 0.29) is 27.8 Å². The number of aromatic nitrogens is 2. The Morgan fingerprint density at radius 3 is 1.48 bits per heavy atom. The van der Waals surface area contributed by atoms with E-state index in [2.05, 4.69) is 9.97 Å². The van der Waals surface area contributed by atoms with Crippen molar-refractivity contribution in [1.82, 2.24) is 9.97 Å². The maximum atomic E-state index is 10.7. The second kappa shape index (κ2) is 13.4. The summed E-state index contributed by atoms with van der Waals surface area (Å²) in [5, 5.41) is 7.32. The summed E-state index contributed by atoms with van der Waals surface area (Å²) in [5.74, 6) is 0. The second-order valence-corrected chi connectivity index (χ2v) is 4.92. The number of halogens is 3. The first kappa shape index (κ1) is 28.0. The van der Waals surface area contributed by atoms with Crippen molar-refractivity contribution in [2.75, 3.05) is 0 Å². The molecule has 0 fully saturated rings. The Bertz CT molecular complexity index is 684. The van der Waals surface area contributed by atoms with Gasteiger partial charge >= 0.3 is 25.9 Å². The van der Waals surface area contributed by atoms with Gasteiger partial charge in [0, 0.05) is 19.3 Å². The molecule has 11 heteroatoms. The minimum absolute atomic E-state index is 0. The van der Waals surface area contributed by atoms with Crippen LogP contribution in [0.25, 0.3) is 11.4 Å². The molecule has 0 amide bonds. The third kappa shape index (κ3) is 12.2. The van der Waals surface area contributed by atoms with Crippen LogP contribution in [-0.2, 0) is 30.5 Å². The fourth-order valence-electron chi connectivity index (χ4n) is 1.03. The van der Waals surface area contributed by atoms with E-state index >= 15 is 0 Å². The number of nitrogens with zero attached hydrogens (tertiary/aromatic N) is 3. The molecule has 0 aliphatic heterocycles.